The number of nitrogens with zero attached hydrogens (tertiary/aromatic N) is 1. The highest BCUT2D eigenvalue weighted by atomic mass is 16.6. The Balaban J connectivity index is 2.09. The molecule has 0 saturated heterocycles. The number of ether oxygens (including phenoxy) is 2. The van der Waals surface area contributed by atoms with Crippen LogP contribution in [-0.4, -0.2) is 24.5 Å². The minimum Gasteiger partial charge on any atom is -0.479 e. The third kappa shape index (κ3) is 4.04. The molecule has 0 bridgehead atoms. The molecule has 0 fully saturated rings. The highest BCUT2D eigenvalue weighted by molar-refractivity contribution is 6.00. The molecule has 1 aromatic carbocycles. The Morgan fingerprint density at radius 3 is 2.73 bits per heavy atom. The van der Waals surface area contributed by atoms with Crippen LogP contribution in [0.4, 0.5) is 0 Å². The fourth-order valence-corrected chi connectivity index (χ4v) is 4.07. The molecule has 0 spiro atoms. The number of hydrogen-bond donors (Lipinski definition) is 2. The van der Waals surface area contributed by atoms with Crippen molar-refractivity contribution in [1.82, 2.24) is 5.32 Å². The number of esters is 1. The monoisotopic (exact) mass is 409 g/mol. The molecule has 0 radical (unpaired) electrons. The molecule has 7 nitrogen and oxygen atoms in total. The first-order chi connectivity index (χ1) is 14.2. The number of hydrogen-bond acceptors (Lipinski definition) is 7. The van der Waals surface area contributed by atoms with Crippen molar-refractivity contribution < 1.29 is 19.1 Å². The summed E-state index contributed by atoms with van der Waals surface area (Å²) in [5.41, 5.74) is 8.15. The second-order valence-corrected chi connectivity index (χ2v) is 8.38. The lowest BCUT2D eigenvalue weighted by Gasteiger charge is -2.38. The van der Waals surface area contributed by atoms with E-state index >= 15 is 0 Å². The maximum absolute atomic E-state index is 13.1. The predicted molar refractivity (Wildman–Crippen MR) is 111 cm³/mol. The zero-order valence-electron chi connectivity index (χ0n) is 17.7. The molecule has 0 aromatic heterocycles. The standard InChI is InChI=1S/C23H27N3O4/c1-5-29-22(28)13(2)30-18-9-7-6-8-14(18)19-15(12-24)21(25)26-16-10-23(3,4)11-17(27)20(16)19/h6-9,13,19,26H,5,10-11,25H2,1-4H3/t13-,19-/m0/s1. The van der Waals surface area contributed by atoms with Crippen molar-refractivity contribution in [3.05, 3.63) is 52.5 Å². The van der Waals surface area contributed by atoms with Gasteiger partial charge in [0.25, 0.3) is 0 Å². The largest absolute Gasteiger partial charge is 0.479 e. The molecule has 1 aliphatic heterocycles. The van der Waals surface area contributed by atoms with Gasteiger partial charge >= 0.3 is 5.97 Å². The van der Waals surface area contributed by atoms with Gasteiger partial charge in [-0.25, -0.2) is 4.79 Å². The number of carbonyl (C=O) groups excluding carboxylic acids is 2. The van der Waals surface area contributed by atoms with Crippen molar-refractivity contribution >= 4 is 11.8 Å². The molecule has 7 heteroatoms. The molecule has 158 valence electrons. The summed E-state index contributed by atoms with van der Waals surface area (Å²) in [4.78, 5) is 25.2. The first kappa shape index (κ1) is 21.4. The van der Waals surface area contributed by atoms with Crippen molar-refractivity contribution in [2.75, 3.05) is 6.61 Å². The number of para-hydroxylation sites is 1. The van der Waals surface area contributed by atoms with Gasteiger partial charge in [0.2, 0.25) is 0 Å². The fourth-order valence-electron chi connectivity index (χ4n) is 4.07. The van der Waals surface area contributed by atoms with Crippen LogP contribution in [0.1, 0.15) is 52.0 Å². The first-order valence-electron chi connectivity index (χ1n) is 10.0. The van der Waals surface area contributed by atoms with Crippen LogP contribution in [0, 0.1) is 16.7 Å². The number of nitriles is 1. The molecule has 1 aromatic rings. The van der Waals surface area contributed by atoms with Crippen LogP contribution in [0.5, 0.6) is 5.75 Å². The van der Waals surface area contributed by atoms with Gasteiger partial charge in [-0.2, -0.15) is 5.26 Å². The Kier molecular flexibility index (Phi) is 5.88. The lowest BCUT2D eigenvalue weighted by Crippen LogP contribution is -2.39. The average Bonchev–Trinajstić information content (AvgIpc) is 2.66. The molecular weight excluding hydrogens is 382 g/mol. The molecule has 1 aliphatic carbocycles. The van der Waals surface area contributed by atoms with Gasteiger partial charge in [-0.3, -0.25) is 4.79 Å². The summed E-state index contributed by atoms with van der Waals surface area (Å²) in [5.74, 6) is -0.508. The summed E-state index contributed by atoms with van der Waals surface area (Å²) in [6.07, 6.45) is 0.186. The summed E-state index contributed by atoms with van der Waals surface area (Å²) in [6.45, 7) is 7.64. The Labute approximate surface area is 176 Å². The van der Waals surface area contributed by atoms with Crippen LogP contribution in [0.25, 0.3) is 0 Å². The van der Waals surface area contributed by atoms with Gasteiger partial charge in [0, 0.05) is 23.3 Å². The highest BCUT2D eigenvalue weighted by Gasteiger charge is 2.42. The molecule has 30 heavy (non-hydrogen) atoms. The second kappa shape index (κ2) is 8.23. The molecule has 0 unspecified atom stereocenters. The van der Waals surface area contributed by atoms with Crippen LogP contribution in [0.3, 0.4) is 0 Å². The van der Waals surface area contributed by atoms with Crippen molar-refractivity contribution in [3.8, 4) is 11.8 Å². The SMILES string of the molecule is CCOC(=O)[C@H](C)Oc1ccccc1[C@H]1C(C#N)=C(N)NC2=C1C(=O)CC(C)(C)C2. The summed E-state index contributed by atoms with van der Waals surface area (Å²) in [5, 5.41) is 12.9. The number of nitrogens with one attached hydrogen (secondary N) is 1. The quantitative estimate of drug-likeness (QED) is 0.718. The number of benzene rings is 1. The zero-order chi connectivity index (χ0) is 22.1. The van der Waals surface area contributed by atoms with Gasteiger partial charge in [0.15, 0.2) is 11.9 Å². The molecule has 1 heterocycles. The van der Waals surface area contributed by atoms with Gasteiger partial charge in [-0.1, -0.05) is 32.0 Å². The Bertz CT molecular complexity index is 984. The van der Waals surface area contributed by atoms with E-state index in [9.17, 15) is 14.9 Å². The van der Waals surface area contributed by atoms with Crippen molar-refractivity contribution in [1.29, 1.82) is 5.26 Å². The third-order valence-corrected chi connectivity index (χ3v) is 5.35. The number of rotatable bonds is 5. The van der Waals surface area contributed by atoms with E-state index in [1.807, 2.05) is 19.9 Å². The lowest BCUT2D eigenvalue weighted by molar-refractivity contribution is -0.150. The van der Waals surface area contributed by atoms with Gasteiger partial charge < -0.3 is 20.5 Å². The maximum atomic E-state index is 13.1. The third-order valence-electron chi connectivity index (χ3n) is 5.35. The number of ketones is 1. The zero-order valence-corrected chi connectivity index (χ0v) is 17.7. The molecular formula is C23H27N3O4. The van der Waals surface area contributed by atoms with E-state index in [2.05, 4.69) is 11.4 Å². The van der Waals surface area contributed by atoms with E-state index in [1.54, 1.807) is 32.0 Å². The van der Waals surface area contributed by atoms with E-state index in [4.69, 9.17) is 15.2 Å². The summed E-state index contributed by atoms with van der Waals surface area (Å²) in [7, 11) is 0. The Hall–Kier alpha value is -3.27. The number of nitrogens with two attached hydrogens (primary N) is 1. The second-order valence-electron chi connectivity index (χ2n) is 8.38. The molecule has 3 N–H and O–H groups in total. The summed E-state index contributed by atoms with van der Waals surface area (Å²) >= 11 is 0. The predicted octanol–water partition coefficient (Wildman–Crippen LogP) is 3.04. The van der Waals surface area contributed by atoms with E-state index < -0.39 is 18.0 Å². The number of carbonyl (C=O) groups is 2. The minimum absolute atomic E-state index is 0.0211. The smallest absolute Gasteiger partial charge is 0.347 e. The van der Waals surface area contributed by atoms with Gasteiger partial charge in [-0.05, 0) is 31.7 Å². The lowest BCUT2D eigenvalue weighted by atomic mass is 9.69. The molecule has 3 rings (SSSR count). The minimum atomic E-state index is -0.839. The molecule has 2 atom stereocenters. The van der Waals surface area contributed by atoms with Crippen LogP contribution >= 0.6 is 0 Å². The fraction of sp³-hybridized carbons (Fsp3) is 0.435. The van der Waals surface area contributed by atoms with Gasteiger partial charge in [0.1, 0.15) is 11.6 Å². The van der Waals surface area contributed by atoms with Crippen LogP contribution < -0.4 is 15.8 Å². The Morgan fingerprint density at radius 2 is 2.07 bits per heavy atom. The number of allylic oxidation sites excluding steroid dienone is 3. The van der Waals surface area contributed by atoms with Gasteiger partial charge in [-0.15, -0.1) is 0 Å². The molecule has 2 aliphatic rings. The van der Waals surface area contributed by atoms with Crippen molar-refractivity contribution in [2.24, 2.45) is 11.1 Å². The van der Waals surface area contributed by atoms with E-state index in [-0.39, 0.29) is 29.2 Å². The normalized spacial score (nSPS) is 21.3. The maximum Gasteiger partial charge on any atom is 0.347 e. The van der Waals surface area contributed by atoms with Crippen LogP contribution in [-0.2, 0) is 14.3 Å². The van der Waals surface area contributed by atoms with Crippen molar-refractivity contribution in [3.63, 3.8) is 0 Å². The highest BCUT2D eigenvalue weighted by Crippen LogP contribution is 2.47. The molecule has 0 amide bonds. The first-order valence-corrected chi connectivity index (χ1v) is 10.0. The summed E-state index contributed by atoms with van der Waals surface area (Å²) in [6, 6.07) is 9.26. The summed E-state index contributed by atoms with van der Waals surface area (Å²) < 4.78 is 10.9. The van der Waals surface area contributed by atoms with Crippen LogP contribution in [0.2, 0.25) is 0 Å². The Morgan fingerprint density at radius 1 is 1.37 bits per heavy atom. The number of Topliss-reactive ketones (excluding diaryl/α,β-unsaturated/α-hetero) is 1. The van der Waals surface area contributed by atoms with E-state index in [0.29, 0.717) is 29.7 Å². The van der Waals surface area contributed by atoms with E-state index in [0.717, 1.165) is 5.70 Å². The average molecular weight is 409 g/mol. The van der Waals surface area contributed by atoms with E-state index in [1.165, 1.54) is 0 Å². The topological polar surface area (TPSA) is 114 Å². The van der Waals surface area contributed by atoms with Crippen molar-refractivity contribution in [2.45, 2.75) is 52.6 Å². The van der Waals surface area contributed by atoms with Crippen LogP contribution in [0.15, 0.2) is 46.9 Å². The number of dihydropyridines is 1. The van der Waals surface area contributed by atoms with Gasteiger partial charge in [0.05, 0.1) is 24.2 Å². The molecule has 0 saturated carbocycles.